The van der Waals surface area contributed by atoms with Crippen LogP contribution in [0, 0.1) is 28.1 Å². The van der Waals surface area contributed by atoms with Gasteiger partial charge in [-0.1, -0.05) is 6.42 Å². The molecule has 6 rings (SSSR count). The number of carbonyl (C=O) groups excluding carboxylic acids is 1. The molecular formula is C26H28N8O. The number of nitriles is 2. The maximum absolute atomic E-state index is 13.2. The third-order valence-electron chi connectivity index (χ3n) is 8.55. The van der Waals surface area contributed by atoms with Gasteiger partial charge >= 0.3 is 0 Å². The summed E-state index contributed by atoms with van der Waals surface area (Å²) in [5, 5.41) is 19.0. The standard InChI is InChI=1S/C26H28N8O/c1-18-14-32(10-11-33(18)24(35)25(15-28)5-2-6-25)22-21-23(31-17-30-22)34(16-26(21)7-3-8-26)20-4-9-29-19(12-20)13-27/h4,9,12,17-18H,2-3,5-8,10-11,14,16H2,1H3. The lowest BCUT2D eigenvalue weighted by atomic mass is 9.66. The smallest absolute Gasteiger partial charge is 0.243 e. The first-order valence-corrected chi connectivity index (χ1v) is 12.5. The highest BCUT2D eigenvalue weighted by Crippen LogP contribution is 2.56. The molecule has 0 bridgehead atoms. The summed E-state index contributed by atoms with van der Waals surface area (Å²) in [7, 11) is 0. The van der Waals surface area contributed by atoms with E-state index in [1.54, 1.807) is 12.5 Å². The first-order chi connectivity index (χ1) is 17.0. The van der Waals surface area contributed by atoms with Gasteiger partial charge in [0.1, 0.15) is 35.1 Å². The van der Waals surface area contributed by atoms with Gasteiger partial charge in [-0.05, 0) is 51.2 Å². The van der Waals surface area contributed by atoms with Crippen LogP contribution in [-0.4, -0.2) is 58.0 Å². The Kier molecular flexibility index (Phi) is 4.93. The second-order valence-electron chi connectivity index (χ2n) is 10.5. The van der Waals surface area contributed by atoms with Gasteiger partial charge in [-0.15, -0.1) is 0 Å². The molecular weight excluding hydrogens is 440 g/mol. The summed E-state index contributed by atoms with van der Waals surface area (Å²) in [6, 6.07) is 8.20. The van der Waals surface area contributed by atoms with Gasteiger partial charge in [-0.2, -0.15) is 10.5 Å². The molecule has 2 aliphatic heterocycles. The van der Waals surface area contributed by atoms with E-state index in [0.717, 1.165) is 43.1 Å². The Morgan fingerprint density at radius 2 is 1.86 bits per heavy atom. The van der Waals surface area contributed by atoms with Crippen LogP contribution in [0.5, 0.6) is 0 Å². The molecule has 9 nitrogen and oxygen atoms in total. The van der Waals surface area contributed by atoms with Crippen LogP contribution in [0.15, 0.2) is 24.7 Å². The average molecular weight is 469 g/mol. The number of amides is 1. The van der Waals surface area contributed by atoms with Crippen LogP contribution in [0.1, 0.15) is 56.7 Å². The van der Waals surface area contributed by atoms with E-state index >= 15 is 0 Å². The fraction of sp³-hybridized carbons (Fsp3) is 0.538. The van der Waals surface area contributed by atoms with Crippen LogP contribution in [0.4, 0.5) is 17.3 Å². The molecule has 0 aromatic carbocycles. The Hall–Kier alpha value is -3.72. The van der Waals surface area contributed by atoms with E-state index in [1.165, 1.54) is 12.0 Å². The van der Waals surface area contributed by atoms with Crippen molar-refractivity contribution in [1.82, 2.24) is 19.9 Å². The van der Waals surface area contributed by atoms with Crippen molar-refractivity contribution in [2.45, 2.75) is 56.9 Å². The monoisotopic (exact) mass is 468 g/mol. The third-order valence-corrected chi connectivity index (χ3v) is 8.55. The molecule has 1 amide bonds. The van der Waals surface area contributed by atoms with E-state index in [1.807, 2.05) is 17.0 Å². The number of aromatic nitrogens is 3. The summed E-state index contributed by atoms with van der Waals surface area (Å²) in [5.41, 5.74) is 1.72. The Labute approximate surface area is 205 Å². The van der Waals surface area contributed by atoms with Crippen molar-refractivity contribution in [2.75, 3.05) is 36.0 Å². The summed E-state index contributed by atoms with van der Waals surface area (Å²) >= 11 is 0. The molecule has 35 heavy (non-hydrogen) atoms. The van der Waals surface area contributed by atoms with E-state index in [4.69, 9.17) is 9.97 Å². The maximum atomic E-state index is 13.2. The molecule has 1 spiro atoms. The molecule has 1 saturated heterocycles. The van der Waals surface area contributed by atoms with Crippen molar-refractivity contribution < 1.29 is 4.79 Å². The zero-order valence-corrected chi connectivity index (χ0v) is 19.9. The molecule has 4 aliphatic rings. The number of piperazine rings is 1. The van der Waals surface area contributed by atoms with E-state index in [2.05, 4.69) is 33.8 Å². The average Bonchev–Trinajstić information content (AvgIpc) is 3.20. The predicted octanol–water partition coefficient (Wildman–Crippen LogP) is 3.05. The highest BCUT2D eigenvalue weighted by atomic mass is 16.2. The van der Waals surface area contributed by atoms with E-state index < -0.39 is 5.41 Å². The largest absolute Gasteiger partial charge is 0.352 e. The molecule has 0 radical (unpaired) electrons. The first kappa shape index (κ1) is 21.8. The first-order valence-electron chi connectivity index (χ1n) is 12.5. The molecule has 4 heterocycles. The predicted molar refractivity (Wildman–Crippen MR) is 129 cm³/mol. The molecule has 178 valence electrons. The van der Waals surface area contributed by atoms with E-state index in [9.17, 15) is 15.3 Å². The zero-order valence-electron chi connectivity index (χ0n) is 19.9. The van der Waals surface area contributed by atoms with Crippen LogP contribution in [0.3, 0.4) is 0 Å². The van der Waals surface area contributed by atoms with Gasteiger partial charge in [-0.3, -0.25) is 4.79 Å². The number of hydrogen-bond donors (Lipinski definition) is 0. The molecule has 1 unspecified atom stereocenters. The zero-order chi connectivity index (χ0) is 24.2. The summed E-state index contributed by atoms with van der Waals surface area (Å²) in [4.78, 5) is 33.2. The Morgan fingerprint density at radius 3 is 2.49 bits per heavy atom. The summed E-state index contributed by atoms with van der Waals surface area (Å²) in [6.45, 7) is 4.85. The summed E-state index contributed by atoms with van der Waals surface area (Å²) in [6.07, 6.45) is 8.97. The topological polar surface area (TPSA) is 113 Å². The Balaban J connectivity index is 1.31. The van der Waals surface area contributed by atoms with Crippen molar-refractivity contribution in [3.8, 4) is 12.1 Å². The van der Waals surface area contributed by atoms with Gasteiger partial charge in [-0.25, -0.2) is 15.0 Å². The minimum Gasteiger partial charge on any atom is -0.352 e. The summed E-state index contributed by atoms with van der Waals surface area (Å²) in [5.74, 6) is 1.87. The minimum absolute atomic E-state index is 0.000853. The second-order valence-corrected chi connectivity index (χ2v) is 10.5. The number of carbonyl (C=O) groups is 1. The molecule has 0 N–H and O–H groups in total. The lowest BCUT2D eigenvalue weighted by Gasteiger charge is -2.46. The molecule has 2 saturated carbocycles. The molecule has 2 aliphatic carbocycles. The Bertz CT molecular complexity index is 1270. The van der Waals surface area contributed by atoms with Crippen molar-refractivity contribution in [2.24, 2.45) is 5.41 Å². The minimum atomic E-state index is -0.810. The van der Waals surface area contributed by atoms with E-state index in [0.29, 0.717) is 38.2 Å². The van der Waals surface area contributed by atoms with Crippen LogP contribution in [0.2, 0.25) is 0 Å². The fourth-order valence-electron chi connectivity index (χ4n) is 6.25. The Morgan fingerprint density at radius 1 is 1.09 bits per heavy atom. The fourth-order valence-corrected chi connectivity index (χ4v) is 6.25. The number of rotatable bonds is 3. The number of fused-ring (bicyclic) bond motifs is 2. The number of nitrogens with zero attached hydrogens (tertiary/aromatic N) is 8. The van der Waals surface area contributed by atoms with Gasteiger partial charge in [0.15, 0.2) is 0 Å². The van der Waals surface area contributed by atoms with Crippen molar-refractivity contribution >= 4 is 23.2 Å². The van der Waals surface area contributed by atoms with Crippen LogP contribution < -0.4 is 9.80 Å². The van der Waals surface area contributed by atoms with Crippen molar-refractivity contribution in [1.29, 1.82) is 10.5 Å². The number of anilines is 3. The molecule has 9 heteroatoms. The molecule has 1 atom stereocenters. The van der Waals surface area contributed by atoms with Gasteiger partial charge in [0, 0.05) is 55.1 Å². The number of hydrogen-bond acceptors (Lipinski definition) is 8. The molecule has 2 aromatic heterocycles. The van der Waals surface area contributed by atoms with Crippen LogP contribution >= 0.6 is 0 Å². The van der Waals surface area contributed by atoms with Gasteiger partial charge in [0.2, 0.25) is 5.91 Å². The summed E-state index contributed by atoms with van der Waals surface area (Å²) < 4.78 is 0. The highest BCUT2D eigenvalue weighted by Gasteiger charge is 2.52. The van der Waals surface area contributed by atoms with Crippen LogP contribution in [-0.2, 0) is 10.2 Å². The van der Waals surface area contributed by atoms with Crippen molar-refractivity contribution in [3.05, 3.63) is 35.9 Å². The lowest BCUT2D eigenvalue weighted by molar-refractivity contribution is -0.145. The SMILES string of the molecule is CC1CN(c2ncnc3c2C2(CCC2)CN3c2ccnc(C#N)c2)CCN1C(=O)C1(C#N)CCC1. The quantitative estimate of drug-likeness (QED) is 0.675. The lowest BCUT2D eigenvalue weighted by Crippen LogP contribution is -2.59. The van der Waals surface area contributed by atoms with Crippen molar-refractivity contribution in [3.63, 3.8) is 0 Å². The van der Waals surface area contributed by atoms with Gasteiger partial charge in [0.25, 0.3) is 0 Å². The number of pyridine rings is 1. The molecule has 3 fully saturated rings. The highest BCUT2D eigenvalue weighted by molar-refractivity contribution is 5.87. The molecule has 2 aromatic rings. The second kappa shape index (κ2) is 7.91. The van der Waals surface area contributed by atoms with E-state index in [-0.39, 0.29) is 17.4 Å². The van der Waals surface area contributed by atoms with Gasteiger partial charge in [0.05, 0.1) is 6.07 Å². The maximum Gasteiger partial charge on any atom is 0.243 e. The third kappa shape index (κ3) is 3.18. The van der Waals surface area contributed by atoms with Gasteiger partial charge < -0.3 is 14.7 Å². The normalized spacial score (nSPS) is 23.6. The van der Waals surface area contributed by atoms with Crippen LogP contribution in [0.25, 0.3) is 0 Å².